The van der Waals surface area contributed by atoms with Gasteiger partial charge < -0.3 is 29.7 Å². The Morgan fingerprint density at radius 2 is 1.92 bits per heavy atom. The van der Waals surface area contributed by atoms with Crippen molar-refractivity contribution in [2.24, 2.45) is 7.05 Å². The first-order chi connectivity index (χ1) is 18.2. The third-order valence-corrected chi connectivity index (χ3v) is 6.38. The van der Waals surface area contributed by atoms with Crippen molar-refractivity contribution < 1.29 is 9.53 Å². The van der Waals surface area contributed by atoms with Crippen molar-refractivity contribution in [3.05, 3.63) is 67.0 Å². The van der Waals surface area contributed by atoms with E-state index in [1.807, 2.05) is 46.4 Å². The summed E-state index contributed by atoms with van der Waals surface area (Å²) in [6.07, 6.45) is 5.03. The molecule has 0 radical (unpaired) electrons. The maximum atomic E-state index is 12.3. The van der Waals surface area contributed by atoms with E-state index in [4.69, 9.17) is 9.72 Å². The number of likely N-dealkylation sites (N-methyl/N-ethyl adjacent to an activating group) is 2. The number of methoxy groups -OCH3 is 1. The Hall–Kier alpha value is -4.37. The molecule has 0 aliphatic rings. The maximum absolute atomic E-state index is 12.3. The van der Waals surface area contributed by atoms with Gasteiger partial charge in [0.05, 0.1) is 29.9 Å². The van der Waals surface area contributed by atoms with E-state index in [1.54, 1.807) is 13.3 Å². The van der Waals surface area contributed by atoms with Crippen LogP contribution in [0.25, 0.3) is 22.2 Å². The number of ether oxygens (including phenoxy) is 1. The lowest BCUT2D eigenvalue weighted by molar-refractivity contribution is -0.111. The van der Waals surface area contributed by atoms with Crippen LogP contribution in [0.1, 0.15) is 5.56 Å². The molecule has 2 aromatic heterocycles. The number of carbonyl (C=O) groups excluding carboxylic acids is 1. The minimum atomic E-state index is -0.298. The molecule has 0 spiro atoms. The van der Waals surface area contributed by atoms with E-state index in [2.05, 4.69) is 67.9 Å². The molecule has 4 rings (SSSR count). The van der Waals surface area contributed by atoms with Gasteiger partial charge in [0.25, 0.3) is 0 Å². The first kappa shape index (κ1) is 26.7. The SMILES string of the molecule is C=CC(=O)Nc1cc(Nc2nccc(-c3cc(C)cc4c3ccn4C)n2)c(OC)cc1N(C)CCN(C)C. The lowest BCUT2D eigenvalue weighted by Gasteiger charge is -2.26. The largest absolute Gasteiger partial charge is 0.494 e. The van der Waals surface area contributed by atoms with Crippen molar-refractivity contribution in [3.63, 3.8) is 0 Å². The Morgan fingerprint density at radius 3 is 2.63 bits per heavy atom. The molecule has 0 bridgehead atoms. The topological polar surface area (TPSA) is 87.5 Å². The first-order valence-electron chi connectivity index (χ1n) is 12.4. The Morgan fingerprint density at radius 1 is 1.13 bits per heavy atom. The molecule has 0 saturated heterocycles. The summed E-state index contributed by atoms with van der Waals surface area (Å²) in [7, 11) is 9.68. The number of aromatic nitrogens is 3. The van der Waals surface area contributed by atoms with Crippen LogP contribution in [0.4, 0.5) is 23.0 Å². The van der Waals surface area contributed by atoms with E-state index in [0.717, 1.165) is 46.5 Å². The fraction of sp³-hybridized carbons (Fsp3) is 0.276. The molecule has 0 saturated carbocycles. The summed E-state index contributed by atoms with van der Waals surface area (Å²) < 4.78 is 7.82. The van der Waals surface area contributed by atoms with Gasteiger partial charge in [-0.05, 0) is 63.0 Å². The van der Waals surface area contributed by atoms with Crippen LogP contribution in [0.3, 0.4) is 0 Å². The highest BCUT2D eigenvalue weighted by atomic mass is 16.5. The second-order valence-electron chi connectivity index (χ2n) is 9.55. The fourth-order valence-corrected chi connectivity index (χ4v) is 4.32. The van der Waals surface area contributed by atoms with Gasteiger partial charge in [0, 0.05) is 62.1 Å². The van der Waals surface area contributed by atoms with Crippen molar-refractivity contribution in [2.75, 3.05) is 56.9 Å². The normalized spacial score (nSPS) is 11.0. The zero-order valence-corrected chi connectivity index (χ0v) is 22.9. The quantitative estimate of drug-likeness (QED) is 0.294. The summed E-state index contributed by atoms with van der Waals surface area (Å²) in [6, 6.07) is 12.0. The minimum Gasteiger partial charge on any atom is -0.494 e. The number of nitrogens with zero attached hydrogens (tertiary/aromatic N) is 5. The zero-order valence-electron chi connectivity index (χ0n) is 22.9. The van der Waals surface area contributed by atoms with Crippen LogP contribution in [-0.2, 0) is 11.8 Å². The molecule has 0 fully saturated rings. The summed E-state index contributed by atoms with van der Waals surface area (Å²) in [4.78, 5) is 25.7. The average molecular weight is 514 g/mol. The highest BCUT2D eigenvalue weighted by molar-refractivity contribution is 6.02. The third-order valence-electron chi connectivity index (χ3n) is 6.38. The molecule has 1 amide bonds. The summed E-state index contributed by atoms with van der Waals surface area (Å²) in [5.74, 6) is 0.720. The van der Waals surface area contributed by atoms with Gasteiger partial charge in [-0.15, -0.1) is 0 Å². The number of fused-ring (bicyclic) bond motifs is 1. The maximum Gasteiger partial charge on any atom is 0.247 e. The first-order valence-corrected chi connectivity index (χ1v) is 12.4. The molecule has 0 aliphatic heterocycles. The predicted molar refractivity (Wildman–Crippen MR) is 156 cm³/mol. The van der Waals surface area contributed by atoms with Crippen LogP contribution in [0.5, 0.6) is 5.75 Å². The Bertz CT molecular complexity index is 1480. The standard InChI is InChI=1S/C29H35N7O2/c1-8-28(37)31-23-17-24(27(38-7)18-26(23)36(6)14-13-34(3)4)33-29-30-11-9-22(32-29)21-15-19(2)16-25-20(21)10-12-35(25)5/h8-12,15-18H,1,13-14H2,2-7H3,(H,31,37)(H,30,32,33). The van der Waals surface area contributed by atoms with Gasteiger partial charge in [-0.25, -0.2) is 9.97 Å². The van der Waals surface area contributed by atoms with Gasteiger partial charge in [0.2, 0.25) is 11.9 Å². The second-order valence-corrected chi connectivity index (χ2v) is 9.55. The minimum absolute atomic E-state index is 0.298. The molecule has 9 nitrogen and oxygen atoms in total. The van der Waals surface area contributed by atoms with E-state index < -0.39 is 0 Å². The van der Waals surface area contributed by atoms with Gasteiger partial charge in [-0.3, -0.25) is 4.79 Å². The monoisotopic (exact) mass is 513 g/mol. The molecule has 4 aromatic rings. The van der Waals surface area contributed by atoms with Gasteiger partial charge in [-0.1, -0.05) is 6.58 Å². The molecule has 0 unspecified atom stereocenters. The molecular weight excluding hydrogens is 478 g/mol. The molecule has 9 heteroatoms. The Balaban J connectivity index is 1.72. The van der Waals surface area contributed by atoms with Crippen molar-refractivity contribution in [1.29, 1.82) is 0 Å². The van der Waals surface area contributed by atoms with E-state index in [0.29, 0.717) is 23.1 Å². The summed E-state index contributed by atoms with van der Waals surface area (Å²) in [5, 5.41) is 7.34. The van der Waals surface area contributed by atoms with Crippen molar-refractivity contribution >= 4 is 39.8 Å². The smallest absolute Gasteiger partial charge is 0.247 e. The number of anilines is 4. The van der Waals surface area contributed by atoms with Gasteiger partial charge in [0.15, 0.2) is 0 Å². The zero-order chi connectivity index (χ0) is 27.4. The molecule has 0 aliphatic carbocycles. The van der Waals surface area contributed by atoms with Crippen LogP contribution in [0, 0.1) is 6.92 Å². The number of amides is 1. The average Bonchev–Trinajstić information content (AvgIpc) is 3.27. The van der Waals surface area contributed by atoms with Crippen LogP contribution < -0.4 is 20.3 Å². The highest BCUT2D eigenvalue weighted by Crippen LogP contribution is 2.38. The molecule has 2 heterocycles. The fourth-order valence-electron chi connectivity index (χ4n) is 4.32. The third kappa shape index (κ3) is 5.78. The number of hydrogen-bond donors (Lipinski definition) is 2. The Kier molecular flexibility index (Phi) is 7.97. The summed E-state index contributed by atoms with van der Waals surface area (Å²) >= 11 is 0. The van der Waals surface area contributed by atoms with Crippen LogP contribution >= 0.6 is 0 Å². The number of hydrogen-bond acceptors (Lipinski definition) is 7. The number of aryl methyl sites for hydroxylation is 2. The molecule has 2 N–H and O–H groups in total. The Labute approximate surface area is 223 Å². The van der Waals surface area contributed by atoms with Crippen LogP contribution in [0.15, 0.2) is 61.4 Å². The lowest BCUT2D eigenvalue weighted by atomic mass is 10.0. The number of carbonyl (C=O) groups is 1. The van der Waals surface area contributed by atoms with E-state index in [1.165, 1.54) is 6.08 Å². The molecule has 2 aromatic carbocycles. The summed E-state index contributed by atoms with van der Waals surface area (Å²) in [6.45, 7) is 7.28. The number of rotatable bonds is 10. The lowest BCUT2D eigenvalue weighted by Crippen LogP contribution is -2.29. The van der Waals surface area contributed by atoms with E-state index in [9.17, 15) is 4.79 Å². The molecule has 0 atom stereocenters. The summed E-state index contributed by atoms with van der Waals surface area (Å²) in [5.41, 5.74) is 6.22. The van der Waals surface area contributed by atoms with Gasteiger partial charge >= 0.3 is 0 Å². The van der Waals surface area contributed by atoms with E-state index >= 15 is 0 Å². The van der Waals surface area contributed by atoms with Gasteiger partial charge in [0.1, 0.15) is 5.75 Å². The van der Waals surface area contributed by atoms with Crippen LogP contribution in [-0.4, -0.2) is 66.7 Å². The number of nitrogens with one attached hydrogen (secondary N) is 2. The van der Waals surface area contributed by atoms with Gasteiger partial charge in [-0.2, -0.15) is 0 Å². The molecule has 38 heavy (non-hydrogen) atoms. The van der Waals surface area contributed by atoms with Crippen molar-refractivity contribution in [3.8, 4) is 17.0 Å². The van der Waals surface area contributed by atoms with Crippen molar-refractivity contribution in [1.82, 2.24) is 19.4 Å². The molecule has 198 valence electrons. The molecular formula is C29H35N7O2. The van der Waals surface area contributed by atoms with Crippen molar-refractivity contribution in [2.45, 2.75) is 6.92 Å². The second kappa shape index (κ2) is 11.4. The van der Waals surface area contributed by atoms with E-state index in [-0.39, 0.29) is 5.91 Å². The number of benzene rings is 2. The highest BCUT2D eigenvalue weighted by Gasteiger charge is 2.17. The predicted octanol–water partition coefficient (Wildman–Crippen LogP) is 4.82. The van der Waals surface area contributed by atoms with Crippen LogP contribution in [0.2, 0.25) is 0 Å².